The fraction of sp³-hybridized carbons (Fsp3) is 0.290. The summed E-state index contributed by atoms with van der Waals surface area (Å²) in [6, 6.07) is 20.3. The molecule has 0 saturated carbocycles. The van der Waals surface area contributed by atoms with Crippen LogP contribution in [0.5, 0.6) is 11.5 Å². The highest BCUT2D eigenvalue weighted by Crippen LogP contribution is 2.32. The van der Waals surface area contributed by atoms with Crippen molar-refractivity contribution in [2.75, 3.05) is 51.8 Å². The van der Waals surface area contributed by atoms with Gasteiger partial charge < -0.3 is 28.6 Å². The third-order valence-electron chi connectivity index (χ3n) is 7.13. The van der Waals surface area contributed by atoms with E-state index in [4.69, 9.17) is 13.9 Å². The molecule has 0 atom stereocenters. The number of rotatable bonds is 9. The van der Waals surface area contributed by atoms with Crippen molar-refractivity contribution in [3.8, 4) is 22.8 Å². The number of piperazine rings is 1. The lowest BCUT2D eigenvalue weighted by Crippen LogP contribution is -2.52. The molecule has 1 fully saturated rings. The highest BCUT2D eigenvalue weighted by atomic mass is 16.5. The maximum atomic E-state index is 13.3. The van der Waals surface area contributed by atoms with Crippen molar-refractivity contribution >= 4 is 17.6 Å². The lowest BCUT2D eigenvalue weighted by molar-refractivity contribution is -0.132. The zero-order chi connectivity index (χ0) is 28.8. The van der Waals surface area contributed by atoms with E-state index < -0.39 is 0 Å². The Morgan fingerprint density at radius 1 is 0.927 bits per heavy atom. The molecule has 2 amide bonds. The first-order valence-electron chi connectivity index (χ1n) is 13.4. The molecule has 0 unspecified atom stereocenters. The second kappa shape index (κ2) is 12.5. The molecule has 4 aromatic rings. The zero-order valence-corrected chi connectivity index (χ0v) is 23.4. The minimum absolute atomic E-state index is 0.0361. The van der Waals surface area contributed by atoms with Crippen molar-refractivity contribution in [1.82, 2.24) is 20.0 Å². The van der Waals surface area contributed by atoms with Crippen LogP contribution in [0, 0.1) is 6.92 Å². The van der Waals surface area contributed by atoms with Gasteiger partial charge in [-0.25, -0.2) is 0 Å². The molecule has 0 N–H and O–H groups in total. The molecule has 212 valence electrons. The molecule has 1 aliphatic rings. The van der Waals surface area contributed by atoms with Crippen LogP contribution >= 0.6 is 0 Å². The molecule has 10 nitrogen and oxygen atoms in total. The predicted octanol–water partition coefficient (Wildman–Crippen LogP) is 4.05. The Kier molecular flexibility index (Phi) is 8.47. The van der Waals surface area contributed by atoms with E-state index in [9.17, 15) is 9.59 Å². The Labute approximate surface area is 239 Å². The highest BCUT2D eigenvalue weighted by molar-refractivity contribution is 5.96. The number of carbonyl (C=O) groups excluding carboxylic acids is 2. The van der Waals surface area contributed by atoms with E-state index in [1.807, 2.05) is 49.4 Å². The summed E-state index contributed by atoms with van der Waals surface area (Å²) in [4.78, 5) is 32.1. The number of aromatic nitrogens is 2. The van der Waals surface area contributed by atoms with E-state index in [0.717, 1.165) is 16.9 Å². The van der Waals surface area contributed by atoms with Crippen molar-refractivity contribution in [3.05, 3.63) is 89.9 Å². The van der Waals surface area contributed by atoms with Gasteiger partial charge in [-0.1, -0.05) is 17.7 Å². The van der Waals surface area contributed by atoms with E-state index >= 15 is 0 Å². The average molecular weight is 556 g/mol. The first kappa shape index (κ1) is 27.7. The first-order valence-corrected chi connectivity index (χ1v) is 13.4. The van der Waals surface area contributed by atoms with Gasteiger partial charge in [-0.3, -0.25) is 9.59 Å². The predicted molar refractivity (Wildman–Crippen MR) is 154 cm³/mol. The second-order valence-corrected chi connectivity index (χ2v) is 9.82. The smallest absolute Gasteiger partial charge is 0.254 e. The molecule has 0 spiro atoms. The third-order valence-corrected chi connectivity index (χ3v) is 7.13. The molecule has 41 heavy (non-hydrogen) atoms. The Balaban J connectivity index is 1.21. The van der Waals surface area contributed by atoms with Crippen LogP contribution in [-0.2, 0) is 11.3 Å². The maximum Gasteiger partial charge on any atom is 0.254 e. The normalized spacial score (nSPS) is 13.1. The molecule has 0 bridgehead atoms. The average Bonchev–Trinajstić information content (AvgIpc) is 3.54. The molecule has 10 heteroatoms. The molecule has 0 radical (unpaired) electrons. The molecule has 3 heterocycles. The first-order chi connectivity index (χ1) is 19.9. The number of anilines is 1. The number of hydrogen-bond acceptors (Lipinski definition) is 8. The summed E-state index contributed by atoms with van der Waals surface area (Å²) in [5.74, 6) is 2.40. The Morgan fingerprint density at radius 3 is 2.34 bits per heavy atom. The molecule has 2 aromatic heterocycles. The van der Waals surface area contributed by atoms with Gasteiger partial charge in [0.15, 0.2) is 5.82 Å². The lowest BCUT2D eigenvalue weighted by atomic mass is 10.1. The largest absolute Gasteiger partial charge is 0.497 e. The van der Waals surface area contributed by atoms with Gasteiger partial charge in [0.25, 0.3) is 5.91 Å². The number of hydrogen-bond donors (Lipinski definition) is 0. The summed E-state index contributed by atoms with van der Waals surface area (Å²) in [6.45, 7) is 4.39. The standard InChI is InChI=1S/C31H33N5O5/c1-22-6-8-23(9-7-22)31(38)36(20-25-5-4-18-41-25)21-30(37)35-16-14-34(15-17-35)29-13-12-27(32-33-29)26-11-10-24(39-2)19-28(26)40-3/h4-13,18-19H,14-17,20-21H2,1-3H3. The van der Waals surface area contributed by atoms with Crippen molar-refractivity contribution in [3.63, 3.8) is 0 Å². The van der Waals surface area contributed by atoms with Gasteiger partial charge >= 0.3 is 0 Å². The quantitative estimate of drug-likeness (QED) is 0.305. The van der Waals surface area contributed by atoms with Gasteiger partial charge in [-0.15, -0.1) is 10.2 Å². The molecule has 5 rings (SSSR count). The molecular formula is C31H33N5O5. The minimum Gasteiger partial charge on any atom is -0.497 e. The number of nitrogens with zero attached hydrogens (tertiary/aromatic N) is 5. The van der Waals surface area contributed by atoms with Gasteiger partial charge in [0.2, 0.25) is 5.91 Å². The number of amides is 2. The summed E-state index contributed by atoms with van der Waals surface area (Å²) < 4.78 is 16.2. The summed E-state index contributed by atoms with van der Waals surface area (Å²) in [7, 11) is 3.22. The summed E-state index contributed by atoms with van der Waals surface area (Å²) in [5.41, 5.74) is 3.11. The van der Waals surface area contributed by atoms with Crippen LogP contribution < -0.4 is 14.4 Å². The van der Waals surface area contributed by atoms with Crippen LogP contribution in [0.25, 0.3) is 11.3 Å². The second-order valence-electron chi connectivity index (χ2n) is 9.82. The summed E-state index contributed by atoms with van der Waals surface area (Å²) in [5, 5.41) is 8.87. The number of benzene rings is 2. The van der Waals surface area contributed by atoms with Gasteiger partial charge in [0.1, 0.15) is 23.8 Å². The van der Waals surface area contributed by atoms with Gasteiger partial charge in [0, 0.05) is 43.4 Å². The van der Waals surface area contributed by atoms with Gasteiger partial charge in [-0.2, -0.15) is 0 Å². The molecule has 0 aliphatic carbocycles. The fourth-order valence-corrected chi connectivity index (χ4v) is 4.76. The van der Waals surface area contributed by atoms with Crippen LogP contribution in [0.1, 0.15) is 21.7 Å². The number of aryl methyl sites for hydroxylation is 1. The maximum absolute atomic E-state index is 13.3. The van der Waals surface area contributed by atoms with Crippen LogP contribution in [0.4, 0.5) is 5.82 Å². The molecule has 1 aliphatic heterocycles. The van der Waals surface area contributed by atoms with Crippen molar-refractivity contribution in [1.29, 1.82) is 0 Å². The minimum atomic E-state index is -0.211. The zero-order valence-electron chi connectivity index (χ0n) is 23.4. The fourth-order valence-electron chi connectivity index (χ4n) is 4.76. The number of furan rings is 1. The van der Waals surface area contributed by atoms with Crippen LogP contribution in [0.2, 0.25) is 0 Å². The van der Waals surface area contributed by atoms with Crippen LogP contribution in [0.15, 0.2) is 77.4 Å². The Morgan fingerprint density at radius 2 is 1.71 bits per heavy atom. The molecular weight excluding hydrogens is 522 g/mol. The number of methoxy groups -OCH3 is 2. The van der Waals surface area contributed by atoms with E-state index in [2.05, 4.69) is 15.1 Å². The van der Waals surface area contributed by atoms with Crippen molar-refractivity contribution in [2.24, 2.45) is 0 Å². The van der Waals surface area contributed by atoms with E-state index in [-0.39, 0.29) is 24.9 Å². The molecule has 1 saturated heterocycles. The van der Waals surface area contributed by atoms with E-state index in [1.165, 1.54) is 4.90 Å². The highest BCUT2D eigenvalue weighted by Gasteiger charge is 2.26. The summed E-state index contributed by atoms with van der Waals surface area (Å²) >= 11 is 0. The Hall–Kier alpha value is -4.86. The van der Waals surface area contributed by atoms with E-state index in [1.54, 1.807) is 49.6 Å². The van der Waals surface area contributed by atoms with Crippen LogP contribution in [0.3, 0.4) is 0 Å². The van der Waals surface area contributed by atoms with Crippen LogP contribution in [-0.4, -0.2) is 78.8 Å². The van der Waals surface area contributed by atoms with Gasteiger partial charge in [-0.05, 0) is 55.5 Å². The third kappa shape index (κ3) is 6.49. The van der Waals surface area contributed by atoms with Crippen molar-refractivity contribution < 1.29 is 23.5 Å². The number of ether oxygens (including phenoxy) is 2. The topological polar surface area (TPSA) is 101 Å². The lowest BCUT2D eigenvalue weighted by Gasteiger charge is -2.36. The van der Waals surface area contributed by atoms with Crippen molar-refractivity contribution in [2.45, 2.75) is 13.5 Å². The monoisotopic (exact) mass is 555 g/mol. The van der Waals surface area contributed by atoms with Gasteiger partial charge in [0.05, 0.1) is 32.7 Å². The number of carbonyl (C=O) groups is 2. The summed E-state index contributed by atoms with van der Waals surface area (Å²) in [6.07, 6.45) is 1.56. The molecule has 2 aromatic carbocycles. The van der Waals surface area contributed by atoms with E-state index in [0.29, 0.717) is 54.7 Å². The Bertz CT molecular complexity index is 1460. The SMILES string of the molecule is COc1ccc(-c2ccc(N3CCN(C(=O)CN(Cc4ccco4)C(=O)c4ccc(C)cc4)CC3)nn2)c(OC)c1.